The molecule has 3 aromatic rings. The van der Waals surface area contributed by atoms with Gasteiger partial charge in [-0.05, 0) is 36.4 Å². The molecule has 4 rings (SSSR count). The number of para-hydroxylation sites is 1. The van der Waals surface area contributed by atoms with Crippen molar-refractivity contribution in [2.24, 2.45) is 0 Å². The summed E-state index contributed by atoms with van der Waals surface area (Å²) in [4.78, 5) is 6.76. The SMILES string of the molecule is N#Cc1ccccc1N1CC[C@H](Oc2ccc3cc(Cl)ccc3n2)C1. The fourth-order valence-corrected chi connectivity index (χ4v) is 3.38. The van der Waals surface area contributed by atoms with E-state index in [0.29, 0.717) is 16.5 Å². The van der Waals surface area contributed by atoms with Crippen LogP contribution in [0, 0.1) is 11.3 Å². The smallest absolute Gasteiger partial charge is 0.214 e. The lowest BCUT2D eigenvalue weighted by molar-refractivity contribution is 0.216. The Hall–Kier alpha value is -2.77. The van der Waals surface area contributed by atoms with Crippen LogP contribution in [0.2, 0.25) is 5.02 Å². The molecule has 25 heavy (non-hydrogen) atoms. The minimum atomic E-state index is 0.0593. The van der Waals surface area contributed by atoms with Crippen molar-refractivity contribution in [3.8, 4) is 11.9 Å². The van der Waals surface area contributed by atoms with Crippen LogP contribution in [0.25, 0.3) is 10.9 Å². The molecule has 1 aliphatic heterocycles. The number of halogens is 1. The molecule has 124 valence electrons. The molecule has 1 aliphatic rings. The normalized spacial score (nSPS) is 16.8. The lowest BCUT2D eigenvalue weighted by atomic mass is 10.2. The summed E-state index contributed by atoms with van der Waals surface area (Å²) in [5, 5.41) is 11.0. The van der Waals surface area contributed by atoms with Gasteiger partial charge in [-0.25, -0.2) is 4.98 Å². The van der Waals surface area contributed by atoms with Crippen molar-refractivity contribution in [2.45, 2.75) is 12.5 Å². The van der Waals surface area contributed by atoms with E-state index in [-0.39, 0.29) is 6.10 Å². The maximum Gasteiger partial charge on any atom is 0.214 e. The zero-order chi connectivity index (χ0) is 17.2. The van der Waals surface area contributed by atoms with Crippen LogP contribution >= 0.6 is 11.6 Å². The zero-order valence-corrected chi connectivity index (χ0v) is 14.3. The van der Waals surface area contributed by atoms with Gasteiger partial charge in [0, 0.05) is 29.4 Å². The number of fused-ring (bicyclic) bond motifs is 1. The topological polar surface area (TPSA) is 49.2 Å². The summed E-state index contributed by atoms with van der Waals surface area (Å²) >= 11 is 6.01. The molecule has 0 radical (unpaired) electrons. The van der Waals surface area contributed by atoms with Gasteiger partial charge in [0.1, 0.15) is 12.2 Å². The summed E-state index contributed by atoms with van der Waals surface area (Å²) in [7, 11) is 0. The Morgan fingerprint density at radius 3 is 2.92 bits per heavy atom. The maximum absolute atomic E-state index is 9.27. The summed E-state index contributed by atoms with van der Waals surface area (Å²) in [6.45, 7) is 1.62. The van der Waals surface area contributed by atoms with Crippen molar-refractivity contribution >= 4 is 28.2 Å². The Balaban J connectivity index is 1.49. The number of pyridine rings is 1. The molecule has 2 heterocycles. The molecule has 4 nitrogen and oxygen atoms in total. The Morgan fingerprint density at radius 2 is 2.04 bits per heavy atom. The molecular weight excluding hydrogens is 334 g/mol. The van der Waals surface area contributed by atoms with E-state index in [1.54, 1.807) is 0 Å². The van der Waals surface area contributed by atoms with Crippen LogP contribution in [0.5, 0.6) is 5.88 Å². The molecule has 2 aromatic carbocycles. The predicted octanol–water partition coefficient (Wildman–Crippen LogP) is 4.42. The number of hydrogen-bond acceptors (Lipinski definition) is 4. The molecular formula is C20H16ClN3O. The highest BCUT2D eigenvalue weighted by molar-refractivity contribution is 6.31. The molecule has 1 atom stereocenters. The average Bonchev–Trinajstić information content (AvgIpc) is 3.10. The van der Waals surface area contributed by atoms with E-state index in [0.717, 1.165) is 36.1 Å². The quantitative estimate of drug-likeness (QED) is 0.702. The van der Waals surface area contributed by atoms with Gasteiger partial charge in [-0.3, -0.25) is 0 Å². The summed E-state index contributed by atoms with van der Waals surface area (Å²) in [5.41, 5.74) is 2.53. The molecule has 0 spiro atoms. The first-order valence-electron chi connectivity index (χ1n) is 8.20. The number of rotatable bonds is 3. The Labute approximate surface area is 151 Å². The minimum Gasteiger partial charge on any atom is -0.472 e. The van der Waals surface area contributed by atoms with E-state index in [9.17, 15) is 5.26 Å². The molecule has 0 unspecified atom stereocenters. The molecule has 0 saturated carbocycles. The van der Waals surface area contributed by atoms with Crippen LogP contribution in [0.15, 0.2) is 54.6 Å². The number of anilines is 1. The highest BCUT2D eigenvalue weighted by atomic mass is 35.5. The molecule has 0 amide bonds. The largest absolute Gasteiger partial charge is 0.472 e. The van der Waals surface area contributed by atoms with Crippen molar-refractivity contribution in [3.05, 3.63) is 65.2 Å². The van der Waals surface area contributed by atoms with E-state index in [1.807, 2.05) is 54.6 Å². The van der Waals surface area contributed by atoms with E-state index < -0.39 is 0 Å². The van der Waals surface area contributed by atoms with Crippen molar-refractivity contribution in [1.82, 2.24) is 4.98 Å². The van der Waals surface area contributed by atoms with Gasteiger partial charge in [-0.1, -0.05) is 23.7 Å². The lowest BCUT2D eigenvalue weighted by Gasteiger charge is -2.20. The van der Waals surface area contributed by atoms with Gasteiger partial charge < -0.3 is 9.64 Å². The Kier molecular flexibility index (Phi) is 4.17. The third-order valence-corrected chi connectivity index (χ3v) is 4.66. The van der Waals surface area contributed by atoms with Gasteiger partial charge in [0.2, 0.25) is 5.88 Å². The van der Waals surface area contributed by atoms with Crippen LogP contribution in [-0.4, -0.2) is 24.2 Å². The molecule has 1 fully saturated rings. The monoisotopic (exact) mass is 349 g/mol. The van der Waals surface area contributed by atoms with Crippen molar-refractivity contribution in [1.29, 1.82) is 5.26 Å². The van der Waals surface area contributed by atoms with Gasteiger partial charge in [0.05, 0.1) is 23.3 Å². The molecule has 0 aliphatic carbocycles. The third kappa shape index (κ3) is 3.24. The van der Waals surface area contributed by atoms with Gasteiger partial charge in [-0.15, -0.1) is 0 Å². The fourth-order valence-electron chi connectivity index (χ4n) is 3.20. The molecule has 0 bridgehead atoms. The Bertz CT molecular complexity index is 967. The number of aromatic nitrogens is 1. The maximum atomic E-state index is 9.27. The van der Waals surface area contributed by atoms with Gasteiger partial charge >= 0.3 is 0 Å². The first kappa shape index (κ1) is 15.7. The molecule has 1 saturated heterocycles. The summed E-state index contributed by atoms with van der Waals surface area (Å²) in [6, 6.07) is 19.4. The zero-order valence-electron chi connectivity index (χ0n) is 13.5. The molecule has 1 aromatic heterocycles. The molecule has 5 heteroatoms. The van der Waals surface area contributed by atoms with Crippen LogP contribution in [-0.2, 0) is 0 Å². The summed E-state index contributed by atoms with van der Waals surface area (Å²) < 4.78 is 6.07. The lowest BCUT2D eigenvalue weighted by Crippen LogP contribution is -2.25. The summed E-state index contributed by atoms with van der Waals surface area (Å²) in [6.07, 6.45) is 0.962. The first-order chi connectivity index (χ1) is 12.2. The average molecular weight is 350 g/mol. The van der Waals surface area contributed by atoms with Gasteiger partial charge in [0.15, 0.2) is 0 Å². The standard InChI is InChI=1S/C20H16ClN3O/c21-16-6-7-18-14(11-16)5-8-20(23-18)25-17-9-10-24(13-17)19-4-2-1-3-15(19)12-22/h1-8,11,17H,9-10,13H2/t17-/m0/s1. The predicted molar refractivity (Wildman–Crippen MR) is 99.2 cm³/mol. The number of ether oxygens (including phenoxy) is 1. The number of benzene rings is 2. The van der Waals surface area contributed by atoms with Crippen LogP contribution in [0.1, 0.15) is 12.0 Å². The van der Waals surface area contributed by atoms with E-state index in [2.05, 4.69) is 16.0 Å². The third-order valence-electron chi connectivity index (χ3n) is 4.42. The van der Waals surface area contributed by atoms with E-state index in [1.165, 1.54) is 0 Å². The van der Waals surface area contributed by atoms with Crippen molar-refractivity contribution in [2.75, 3.05) is 18.0 Å². The highest BCUT2D eigenvalue weighted by Crippen LogP contribution is 2.27. The minimum absolute atomic E-state index is 0.0593. The Morgan fingerprint density at radius 1 is 1.16 bits per heavy atom. The van der Waals surface area contributed by atoms with Crippen molar-refractivity contribution in [3.63, 3.8) is 0 Å². The van der Waals surface area contributed by atoms with Crippen molar-refractivity contribution < 1.29 is 4.74 Å². The second-order valence-corrected chi connectivity index (χ2v) is 6.53. The van der Waals surface area contributed by atoms with Crippen LogP contribution in [0.4, 0.5) is 5.69 Å². The number of nitrogens with zero attached hydrogens (tertiary/aromatic N) is 3. The van der Waals surface area contributed by atoms with Crippen LogP contribution < -0.4 is 9.64 Å². The highest BCUT2D eigenvalue weighted by Gasteiger charge is 2.26. The fraction of sp³-hybridized carbons (Fsp3) is 0.200. The van der Waals surface area contributed by atoms with E-state index in [4.69, 9.17) is 16.3 Å². The van der Waals surface area contributed by atoms with Gasteiger partial charge in [-0.2, -0.15) is 5.26 Å². The number of hydrogen-bond donors (Lipinski definition) is 0. The number of nitriles is 1. The first-order valence-corrected chi connectivity index (χ1v) is 8.58. The second kappa shape index (κ2) is 6.62. The van der Waals surface area contributed by atoms with E-state index >= 15 is 0 Å². The second-order valence-electron chi connectivity index (χ2n) is 6.09. The van der Waals surface area contributed by atoms with Crippen LogP contribution in [0.3, 0.4) is 0 Å². The summed E-state index contributed by atoms with van der Waals surface area (Å²) in [5.74, 6) is 0.621. The van der Waals surface area contributed by atoms with Gasteiger partial charge in [0.25, 0.3) is 0 Å². The molecule has 0 N–H and O–H groups in total.